The number of ether oxygens (including phenoxy) is 1. The number of nitrogens with zero attached hydrogens (tertiary/aromatic N) is 1. The molecule has 0 aliphatic carbocycles. The maximum atomic E-state index is 11.7. The molecule has 2 aromatic carbocycles. The molecule has 1 N–H and O–H groups in total. The van der Waals surface area contributed by atoms with Gasteiger partial charge in [-0.15, -0.1) is 0 Å². The van der Waals surface area contributed by atoms with Gasteiger partial charge in [-0.2, -0.15) is 0 Å². The molecule has 3 rings (SSSR count). The Bertz CT molecular complexity index is 674. The predicted molar refractivity (Wildman–Crippen MR) is 107 cm³/mol. The largest absolute Gasteiger partial charge is 0.494 e. The standard InChI is InChI=1S/C23H31NO2/c1-3-26-22-13-11-21(12-14-22)23(25,20-9-7-19(2)8-10-20)15-18-24-16-5-4-6-17-24/h7-14,25H,3-6,15-18H2,1-2H3. The second-order valence-electron chi connectivity index (χ2n) is 7.34. The summed E-state index contributed by atoms with van der Waals surface area (Å²) in [7, 11) is 0. The summed E-state index contributed by atoms with van der Waals surface area (Å²) in [5.74, 6) is 0.846. The monoisotopic (exact) mass is 353 g/mol. The van der Waals surface area contributed by atoms with E-state index in [1.807, 2.05) is 31.2 Å². The lowest BCUT2D eigenvalue weighted by Crippen LogP contribution is -2.36. The molecule has 140 valence electrons. The summed E-state index contributed by atoms with van der Waals surface area (Å²) >= 11 is 0. The van der Waals surface area contributed by atoms with Crippen molar-refractivity contribution in [1.29, 1.82) is 0 Å². The van der Waals surface area contributed by atoms with Crippen molar-refractivity contribution in [1.82, 2.24) is 4.90 Å². The molecule has 0 radical (unpaired) electrons. The van der Waals surface area contributed by atoms with Crippen molar-refractivity contribution in [2.45, 2.75) is 45.1 Å². The van der Waals surface area contributed by atoms with Crippen LogP contribution in [0, 0.1) is 6.92 Å². The van der Waals surface area contributed by atoms with Crippen LogP contribution in [0.15, 0.2) is 48.5 Å². The summed E-state index contributed by atoms with van der Waals surface area (Å²) in [4.78, 5) is 2.48. The molecular formula is C23H31NO2. The summed E-state index contributed by atoms with van der Waals surface area (Å²) in [6.45, 7) is 7.91. The Kier molecular flexibility index (Phi) is 6.33. The van der Waals surface area contributed by atoms with E-state index >= 15 is 0 Å². The van der Waals surface area contributed by atoms with E-state index in [2.05, 4.69) is 36.1 Å². The van der Waals surface area contributed by atoms with Gasteiger partial charge in [0.1, 0.15) is 11.4 Å². The van der Waals surface area contributed by atoms with Crippen molar-refractivity contribution < 1.29 is 9.84 Å². The smallest absolute Gasteiger partial charge is 0.119 e. The van der Waals surface area contributed by atoms with Gasteiger partial charge in [-0.3, -0.25) is 0 Å². The molecule has 26 heavy (non-hydrogen) atoms. The molecule has 0 amide bonds. The summed E-state index contributed by atoms with van der Waals surface area (Å²) in [5.41, 5.74) is 2.13. The fraction of sp³-hybridized carbons (Fsp3) is 0.478. The van der Waals surface area contributed by atoms with Crippen LogP contribution >= 0.6 is 0 Å². The van der Waals surface area contributed by atoms with Gasteiger partial charge < -0.3 is 14.7 Å². The van der Waals surface area contributed by atoms with Crippen LogP contribution in [0.2, 0.25) is 0 Å². The van der Waals surface area contributed by atoms with Gasteiger partial charge >= 0.3 is 0 Å². The first-order valence-corrected chi connectivity index (χ1v) is 9.87. The van der Waals surface area contributed by atoms with Crippen LogP contribution in [0.1, 0.15) is 49.3 Å². The summed E-state index contributed by atoms with van der Waals surface area (Å²) in [6.07, 6.45) is 4.57. The highest BCUT2D eigenvalue weighted by atomic mass is 16.5. The van der Waals surface area contributed by atoms with Crippen LogP contribution in [0.25, 0.3) is 0 Å². The average Bonchev–Trinajstić information content (AvgIpc) is 2.68. The number of likely N-dealkylation sites (tertiary alicyclic amines) is 1. The third-order valence-corrected chi connectivity index (χ3v) is 5.41. The van der Waals surface area contributed by atoms with Crippen LogP contribution in [-0.4, -0.2) is 36.2 Å². The molecule has 0 saturated carbocycles. The van der Waals surface area contributed by atoms with E-state index in [9.17, 15) is 5.11 Å². The molecule has 1 unspecified atom stereocenters. The molecular weight excluding hydrogens is 322 g/mol. The van der Waals surface area contributed by atoms with Crippen molar-refractivity contribution in [3.63, 3.8) is 0 Å². The highest BCUT2D eigenvalue weighted by molar-refractivity contribution is 5.39. The molecule has 2 aromatic rings. The maximum absolute atomic E-state index is 11.7. The quantitative estimate of drug-likeness (QED) is 0.795. The molecule has 1 atom stereocenters. The van der Waals surface area contributed by atoms with E-state index in [-0.39, 0.29) is 0 Å². The van der Waals surface area contributed by atoms with Crippen molar-refractivity contribution in [3.8, 4) is 5.75 Å². The number of aliphatic hydroxyl groups is 1. The van der Waals surface area contributed by atoms with E-state index in [1.54, 1.807) is 0 Å². The number of aryl methyl sites for hydroxylation is 1. The number of hydrogen-bond donors (Lipinski definition) is 1. The Labute approximate surface area is 157 Å². The minimum Gasteiger partial charge on any atom is -0.494 e. The van der Waals surface area contributed by atoms with E-state index in [4.69, 9.17) is 4.74 Å². The Hall–Kier alpha value is -1.84. The van der Waals surface area contributed by atoms with Crippen molar-refractivity contribution in [2.24, 2.45) is 0 Å². The molecule has 0 spiro atoms. The van der Waals surface area contributed by atoms with Crippen molar-refractivity contribution in [3.05, 3.63) is 65.2 Å². The van der Waals surface area contributed by atoms with Gasteiger partial charge in [0.15, 0.2) is 0 Å². The first-order valence-electron chi connectivity index (χ1n) is 9.87. The lowest BCUT2D eigenvalue weighted by Gasteiger charge is -2.34. The molecule has 1 fully saturated rings. The summed E-state index contributed by atoms with van der Waals surface area (Å²) in [5, 5.41) is 11.7. The first kappa shape index (κ1) is 18.9. The molecule has 3 heteroatoms. The maximum Gasteiger partial charge on any atom is 0.119 e. The third-order valence-electron chi connectivity index (χ3n) is 5.41. The Balaban J connectivity index is 1.85. The number of rotatable bonds is 7. The molecule has 1 heterocycles. The third kappa shape index (κ3) is 4.46. The zero-order chi connectivity index (χ0) is 18.4. The van der Waals surface area contributed by atoms with Gasteiger partial charge in [0.25, 0.3) is 0 Å². The Morgan fingerprint density at radius 1 is 0.923 bits per heavy atom. The van der Waals surface area contributed by atoms with Crippen LogP contribution in [-0.2, 0) is 5.60 Å². The van der Waals surface area contributed by atoms with Crippen LogP contribution in [0.4, 0.5) is 0 Å². The topological polar surface area (TPSA) is 32.7 Å². The van der Waals surface area contributed by atoms with Crippen molar-refractivity contribution >= 4 is 0 Å². The van der Waals surface area contributed by atoms with E-state index in [1.165, 1.54) is 24.8 Å². The predicted octanol–water partition coefficient (Wildman–Crippen LogP) is 4.51. The van der Waals surface area contributed by atoms with Gasteiger partial charge in [0, 0.05) is 6.54 Å². The first-order chi connectivity index (χ1) is 12.6. The van der Waals surface area contributed by atoms with Crippen molar-refractivity contribution in [2.75, 3.05) is 26.2 Å². The second-order valence-corrected chi connectivity index (χ2v) is 7.34. The fourth-order valence-corrected chi connectivity index (χ4v) is 3.78. The summed E-state index contributed by atoms with van der Waals surface area (Å²) < 4.78 is 5.56. The van der Waals surface area contributed by atoms with Gasteiger partial charge in [-0.1, -0.05) is 48.4 Å². The minimum atomic E-state index is -0.976. The van der Waals surface area contributed by atoms with Gasteiger partial charge in [0.2, 0.25) is 0 Å². The summed E-state index contributed by atoms with van der Waals surface area (Å²) in [6, 6.07) is 16.2. The Morgan fingerprint density at radius 3 is 2.08 bits per heavy atom. The number of hydrogen-bond acceptors (Lipinski definition) is 3. The van der Waals surface area contributed by atoms with Gasteiger partial charge in [-0.05, 0) is 69.5 Å². The lowest BCUT2D eigenvalue weighted by atomic mass is 9.83. The second kappa shape index (κ2) is 8.70. The fourth-order valence-electron chi connectivity index (χ4n) is 3.78. The highest BCUT2D eigenvalue weighted by Crippen LogP contribution is 2.34. The Morgan fingerprint density at radius 2 is 1.50 bits per heavy atom. The van der Waals surface area contributed by atoms with Gasteiger partial charge in [0.05, 0.1) is 6.61 Å². The van der Waals surface area contributed by atoms with Gasteiger partial charge in [-0.25, -0.2) is 0 Å². The van der Waals surface area contributed by atoms with Crippen LogP contribution in [0.5, 0.6) is 5.75 Å². The normalized spacial score (nSPS) is 17.7. The highest BCUT2D eigenvalue weighted by Gasteiger charge is 2.32. The average molecular weight is 354 g/mol. The zero-order valence-electron chi connectivity index (χ0n) is 16.1. The van der Waals surface area contributed by atoms with Crippen LogP contribution < -0.4 is 4.74 Å². The zero-order valence-corrected chi connectivity index (χ0v) is 16.1. The molecule has 1 saturated heterocycles. The van der Waals surface area contributed by atoms with Crippen LogP contribution in [0.3, 0.4) is 0 Å². The van der Waals surface area contributed by atoms with E-state index in [0.717, 1.165) is 36.5 Å². The number of piperidine rings is 1. The van der Waals surface area contributed by atoms with E-state index < -0.39 is 5.60 Å². The molecule has 0 bridgehead atoms. The van der Waals surface area contributed by atoms with E-state index in [0.29, 0.717) is 13.0 Å². The molecule has 1 aliphatic heterocycles. The molecule has 1 aliphatic rings. The molecule has 3 nitrogen and oxygen atoms in total. The minimum absolute atomic E-state index is 0.649. The number of benzene rings is 2. The SMILES string of the molecule is CCOc1ccc(C(O)(CCN2CCCCC2)c2ccc(C)cc2)cc1. The molecule has 0 aromatic heterocycles. The lowest BCUT2D eigenvalue weighted by molar-refractivity contribution is 0.0545.